The van der Waals surface area contributed by atoms with Crippen LogP contribution in [0.4, 0.5) is 0 Å². The van der Waals surface area contributed by atoms with E-state index in [-0.39, 0.29) is 18.6 Å². The Morgan fingerprint density at radius 3 is 2.53 bits per heavy atom. The lowest BCUT2D eigenvalue weighted by atomic mass is 10.0. The molecule has 0 aromatic heterocycles. The summed E-state index contributed by atoms with van der Waals surface area (Å²) in [6.45, 7) is 6.12. The van der Waals surface area contributed by atoms with Gasteiger partial charge in [0.1, 0.15) is 6.61 Å². The topological polar surface area (TPSA) is 67.6 Å². The van der Waals surface area contributed by atoms with Crippen LogP contribution in [0.3, 0.4) is 0 Å². The number of nitrogens with zero attached hydrogens (tertiary/aromatic N) is 1. The number of likely N-dealkylation sites (N-methyl/N-ethyl adjacent to an activating group) is 1. The van der Waals surface area contributed by atoms with Crippen molar-refractivity contribution in [2.24, 2.45) is 11.7 Å². The van der Waals surface area contributed by atoms with E-state index in [0.717, 1.165) is 13.0 Å². The molecule has 1 unspecified atom stereocenters. The van der Waals surface area contributed by atoms with Gasteiger partial charge in [-0.15, -0.1) is 0 Å². The first kappa shape index (κ1) is 16.4. The smallest absolute Gasteiger partial charge is 0.246 e. The molecule has 0 fully saturated rings. The fourth-order valence-electron chi connectivity index (χ4n) is 1.71. The maximum absolute atomic E-state index is 11.6. The second-order valence-electron chi connectivity index (χ2n) is 5.00. The minimum atomic E-state index is -0.0639. The van der Waals surface area contributed by atoms with Crippen LogP contribution in [-0.4, -0.2) is 57.2 Å². The van der Waals surface area contributed by atoms with Crippen molar-refractivity contribution >= 4 is 5.91 Å². The average molecular weight is 245 g/mol. The minimum absolute atomic E-state index is 0.0639. The molecule has 5 nitrogen and oxygen atoms in total. The highest BCUT2D eigenvalue weighted by Gasteiger charge is 2.14. The Kier molecular flexibility index (Phi) is 9.03. The lowest BCUT2D eigenvalue weighted by Gasteiger charge is -2.23. The molecule has 0 saturated heterocycles. The van der Waals surface area contributed by atoms with E-state index in [1.54, 1.807) is 0 Å². The molecular weight excluding hydrogens is 218 g/mol. The van der Waals surface area contributed by atoms with Crippen LogP contribution in [0.5, 0.6) is 0 Å². The van der Waals surface area contributed by atoms with Crippen LogP contribution >= 0.6 is 0 Å². The van der Waals surface area contributed by atoms with Crippen molar-refractivity contribution in [1.82, 2.24) is 10.2 Å². The first-order chi connectivity index (χ1) is 7.95. The van der Waals surface area contributed by atoms with E-state index >= 15 is 0 Å². The van der Waals surface area contributed by atoms with Crippen LogP contribution < -0.4 is 11.1 Å². The van der Waals surface area contributed by atoms with Crippen LogP contribution in [0.25, 0.3) is 0 Å². The summed E-state index contributed by atoms with van der Waals surface area (Å²) in [4.78, 5) is 13.7. The van der Waals surface area contributed by atoms with Crippen LogP contribution in [0.15, 0.2) is 0 Å². The summed E-state index contributed by atoms with van der Waals surface area (Å²) in [7, 11) is 4.01. The van der Waals surface area contributed by atoms with Crippen molar-refractivity contribution in [3.8, 4) is 0 Å². The van der Waals surface area contributed by atoms with Crippen molar-refractivity contribution in [2.75, 3.05) is 40.4 Å². The summed E-state index contributed by atoms with van der Waals surface area (Å²) in [5, 5.41) is 2.99. The van der Waals surface area contributed by atoms with E-state index in [1.807, 2.05) is 14.1 Å². The van der Waals surface area contributed by atoms with Gasteiger partial charge < -0.3 is 20.7 Å². The molecule has 3 N–H and O–H groups in total. The number of ether oxygens (including phenoxy) is 1. The van der Waals surface area contributed by atoms with Crippen molar-refractivity contribution in [2.45, 2.75) is 26.3 Å². The first-order valence-corrected chi connectivity index (χ1v) is 6.17. The molecule has 0 saturated carbocycles. The second kappa shape index (κ2) is 9.39. The lowest BCUT2D eigenvalue weighted by molar-refractivity contribution is -0.126. The summed E-state index contributed by atoms with van der Waals surface area (Å²) < 4.78 is 5.10. The van der Waals surface area contributed by atoms with Crippen molar-refractivity contribution < 1.29 is 9.53 Å². The van der Waals surface area contributed by atoms with Crippen molar-refractivity contribution in [3.63, 3.8) is 0 Å². The van der Waals surface area contributed by atoms with Crippen molar-refractivity contribution in [1.29, 1.82) is 0 Å². The van der Waals surface area contributed by atoms with Gasteiger partial charge >= 0.3 is 0 Å². The zero-order valence-corrected chi connectivity index (χ0v) is 11.5. The fraction of sp³-hybridized carbons (Fsp3) is 0.917. The molecule has 0 heterocycles. The van der Waals surface area contributed by atoms with Gasteiger partial charge in [-0.25, -0.2) is 0 Å². The Labute approximate surface area is 105 Å². The van der Waals surface area contributed by atoms with Crippen molar-refractivity contribution in [3.05, 3.63) is 0 Å². The third kappa shape index (κ3) is 10.2. The third-order valence-electron chi connectivity index (χ3n) is 2.20. The number of nitrogens with one attached hydrogen (secondary N) is 1. The minimum Gasteiger partial charge on any atom is -0.370 e. The highest BCUT2D eigenvalue weighted by Crippen LogP contribution is 2.05. The molecule has 0 bridgehead atoms. The maximum atomic E-state index is 11.6. The second-order valence-corrected chi connectivity index (χ2v) is 5.00. The summed E-state index contributed by atoms with van der Waals surface area (Å²) in [5.74, 6) is 0.496. The van der Waals surface area contributed by atoms with Gasteiger partial charge in [0.2, 0.25) is 5.91 Å². The summed E-state index contributed by atoms with van der Waals surface area (Å²) in [6, 6.07) is 0.180. The Hall–Kier alpha value is -0.650. The van der Waals surface area contributed by atoms with E-state index < -0.39 is 0 Å². The third-order valence-corrected chi connectivity index (χ3v) is 2.20. The molecule has 0 rings (SSSR count). The molecule has 5 heteroatoms. The molecule has 0 aliphatic carbocycles. The molecule has 0 radical (unpaired) electrons. The zero-order chi connectivity index (χ0) is 13.3. The number of carbonyl (C=O) groups is 1. The molecule has 102 valence electrons. The first-order valence-electron chi connectivity index (χ1n) is 6.17. The highest BCUT2D eigenvalue weighted by atomic mass is 16.5. The van der Waals surface area contributed by atoms with Gasteiger partial charge in [0.25, 0.3) is 0 Å². The molecule has 0 aromatic rings. The Balaban J connectivity index is 3.99. The van der Waals surface area contributed by atoms with Gasteiger partial charge in [-0.05, 0) is 26.4 Å². The highest BCUT2D eigenvalue weighted by molar-refractivity contribution is 5.77. The van der Waals surface area contributed by atoms with Gasteiger partial charge in [0.15, 0.2) is 0 Å². The number of hydrogen-bond donors (Lipinski definition) is 2. The van der Waals surface area contributed by atoms with E-state index in [0.29, 0.717) is 19.1 Å². The number of carbonyl (C=O) groups excluding carboxylic acids is 1. The number of nitrogens with two attached hydrogens (primary N) is 1. The number of amides is 1. The SMILES string of the molecule is CC(C)CC(CN(C)C)NC(=O)COCCN. The Morgan fingerprint density at radius 1 is 1.41 bits per heavy atom. The van der Waals surface area contributed by atoms with Gasteiger partial charge in [-0.3, -0.25) is 4.79 Å². The molecule has 0 spiro atoms. The summed E-state index contributed by atoms with van der Waals surface area (Å²) in [6.07, 6.45) is 0.973. The zero-order valence-electron chi connectivity index (χ0n) is 11.5. The van der Waals surface area contributed by atoms with Crippen LogP contribution in [0.1, 0.15) is 20.3 Å². The fourth-order valence-corrected chi connectivity index (χ4v) is 1.71. The van der Waals surface area contributed by atoms with Gasteiger partial charge in [0.05, 0.1) is 6.61 Å². The normalized spacial score (nSPS) is 13.1. The quantitative estimate of drug-likeness (QED) is 0.563. The molecule has 0 aromatic carbocycles. The van der Waals surface area contributed by atoms with Gasteiger partial charge in [-0.2, -0.15) is 0 Å². The van der Waals surface area contributed by atoms with Crippen LogP contribution in [-0.2, 0) is 9.53 Å². The molecule has 1 amide bonds. The number of rotatable bonds is 9. The Bertz CT molecular complexity index is 198. The van der Waals surface area contributed by atoms with E-state index in [2.05, 4.69) is 24.1 Å². The lowest BCUT2D eigenvalue weighted by Crippen LogP contribution is -2.44. The summed E-state index contributed by atoms with van der Waals surface area (Å²) in [5.41, 5.74) is 5.28. The van der Waals surface area contributed by atoms with E-state index in [4.69, 9.17) is 10.5 Å². The van der Waals surface area contributed by atoms with E-state index in [9.17, 15) is 4.79 Å². The molecule has 0 aliphatic heterocycles. The monoisotopic (exact) mass is 245 g/mol. The predicted molar refractivity (Wildman–Crippen MR) is 69.8 cm³/mol. The van der Waals surface area contributed by atoms with Gasteiger partial charge in [0, 0.05) is 19.1 Å². The molecular formula is C12H27N3O2. The maximum Gasteiger partial charge on any atom is 0.246 e. The standard InChI is InChI=1S/C12H27N3O2/c1-10(2)7-11(8-15(3)4)14-12(16)9-17-6-5-13/h10-11H,5-9,13H2,1-4H3,(H,14,16). The average Bonchev–Trinajstić information content (AvgIpc) is 2.15. The predicted octanol–water partition coefficient (Wildman–Crippen LogP) is 0.0542. The Morgan fingerprint density at radius 2 is 2.06 bits per heavy atom. The molecule has 17 heavy (non-hydrogen) atoms. The van der Waals surface area contributed by atoms with Crippen LogP contribution in [0.2, 0.25) is 0 Å². The molecule has 0 aliphatic rings. The molecule has 1 atom stereocenters. The van der Waals surface area contributed by atoms with E-state index in [1.165, 1.54) is 0 Å². The van der Waals surface area contributed by atoms with Crippen LogP contribution in [0, 0.1) is 5.92 Å². The largest absolute Gasteiger partial charge is 0.370 e. The number of hydrogen-bond acceptors (Lipinski definition) is 4. The summed E-state index contributed by atoms with van der Waals surface area (Å²) >= 11 is 0. The van der Waals surface area contributed by atoms with Gasteiger partial charge in [-0.1, -0.05) is 13.8 Å².